The quantitative estimate of drug-likeness (QED) is 0.482. The van der Waals surface area contributed by atoms with Gasteiger partial charge in [0.15, 0.2) is 0 Å². The van der Waals surface area contributed by atoms with Crippen molar-refractivity contribution in [3.05, 3.63) is 6.92 Å². The molecule has 0 rings (SSSR count). The van der Waals surface area contributed by atoms with E-state index in [0.29, 0.717) is 0 Å². The maximum atomic E-state index is 5.25. The third-order valence-electron chi connectivity index (χ3n) is 1.99. The van der Waals surface area contributed by atoms with Gasteiger partial charge in [-0.2, -0.15) is 0 Å². The molecular weight excluding hydrogens is 148 g/mol. The minimum atomic E-state index is 0.863. The van der Waals surface area contributed by atoms with E-state index in [9.17, 15) is 0 Å². The van der Waals surface area contributed by atoms with Gasteiger partial charge in [0.05, 0.1) is 0 Å². The zero-order valence-electron chi connectivity index (χ0n) is 8.48. The fourth-order valence-corrected chi connectivity index (χ4v) is 1.23. The van der Waals surface area contributed by atoms with Crippen molar-refractivity contribution in [3.8, 4) is 0 Å². The number of hydrogen-bond donors (Lipinski definition) is 0. The van der Waals surface area contributed by atoms with Crippen molar-refractivity contribution in [3.63, 3.8) is 0 Å². The maximum Gasteiger partial charge on any atom is 0.0465 e. The average Bonchev–Trinajstić information content (AvgIpc) is 2.10. The second-order valence-corrected chi connectivity index (χ2v) is 3.17. The van der Waals surface area contributed by atoms with Crippen LogP contribution in [0.1, 0.15) is 51.9 Å². The number of ether oxygens (including phenoxy) is 1. The van der Waals surface area contributed by atoms with E-state index in [2.05, 4.69) is 6.92 Å². The van der Waals surface area contributed by atoms with Crippen LogP contribution in [0.2, 0.25) is 0 Å². The molecule has 1 heteroatoms. The minimum Gasteiger partial charge on any atom is -0.382 e. The van der Waals surface area contributed by atoms with Crippen LogP contribution in [0, 0.1) is 6.92 Å². The second-order valence-electron chi connectivity index (χ2n) is 3.17. The van der Waals surface area contributed by atoms with Gasteiger partial charge in [-0.25, -0.2) is 0 Å². The van der Waals surface area contributed by atoms with Crippen LogP contribution < -0.4 is 0 Å². The molecule has 0 heterocycles. The van der Waals surface area contributed by atoms with Crippen molar-refractivity contribution in [2.45, 2.75) is 51.9 Å². The van der Waals surface area contributed by atoms with Crippen LogP contribution in [0.4, 0.5) is 0 Å². The Balaban J connectivity index is 2.73. The molecule has 0 atom stereocenters. The van der Waals surface area contributed by atoms with Gasteiger partial charge < -0.3 is 4.74 Å². The zero-order valence-corrected chi connectivity index (χ0v) is 8.48. The highest BCUT2D eigenvalue weighted by Crippen LogP contribution is 2.06. The lowest BCUT2D eigenvalue weighted by atomic mass is 10.1. The Morgan fingerprint density at radius 2 is 1.50 bits per heavy atom. The summed E-state index contributed by atoms with van der Waals surface area (Å²) in [6.07, 6.45) is 9.06. The predicted molar refractivity (Wildman–Crippen MR) is 54.2 cm³/mol. The van der Waals surface area contributed by atoms with Gasteiger partial charge in [0.2, 0.25) is 0 Å². The van der Waals surface area contributed by atoms with E-state index in [4.69, 9.17) is 4.74 Å². The van der Waals surface area contributed by atoms with Gasteiger partial charge >= 0.3 is 0 Å². The Morgan fingerprint density at radius 3 is 2.08 bits per heavy atom. The van der Waals surface area contributed by atoms with E-state index in [1.54, 1.807) is 0 Å². The lowest BCUT2D eigenvalue weighted by Gasteiger charge is -2.01. The van der Waals surface area contributed by atoms with Crippen molar-refractivity contribution >= 4 is 0 Å². The third-order valence-corrected chi connectivity index (χ3v) is 1.99. The van der Waals surface area contributed by atoms with Gasteiger partial charge in [-0.05, 0) is 13.3 Å². The summed E-state index contributed by atoms with van der Waals surface area (Å²) in [5.41, 5.74) is 0. The first kappa shape index (κ1) is 12.0. The van der Waals surface area contributed by atoms with Gasteiger partial charge in [-0.15, -0.1) is 0 Å². The molecular formula is C11H23O. The van der Waals surface area contributed by atoms with Crippen LogP contribution >= 0.6 is 0 Å². The van der Waals surface area contributed by atoms with Crippen molar-refractivity contribution in [2.24, 2.45) is 0 Å². The second kappa shape index (κ2) is 11.0. The summed E-state index contributed by atoms with van der Waals surface area (Å²) in [6, 6.07) is 0. The van der Waals surface area contributed by atoms with E-state index in [1.807, 2.05) is 6.92 Å². The molecule has 0 aliphatic heterocycles. The molecule has 0 spiro atoms. The van der Waals surface area contributed by atoms with Gasteiger partial charge in [-0.3, -0.25) is 0 Å². The lowest BCUT2D eigenvalue weighted by molar-refractivity contribution is 0.143. The molecule has 12 heavy (non-hydrogen) atoms. The first-order chi connectivity index (χ1) is 5.91. The molecule has 0 aliphatic rings. The van der Waals surface area contributed by atoms with Crippen molar-refractivity contribution in [1.82, 2.24) is 0 Å². The summed E-state index contributed by atoms with van der Waals surface area (Å²) in [5, 5.41) is 0. The Bertz CT molecular complexity index is 61.4. The normalized spacial score (nSPS) is 10.5. The summed E-state index contributed by atoms with van der Waals surface area (Å²) < 4.78 is 5.25. The van der Waals surface area contributed by atoms with E-state index in [-0.39, 0.29) is 0 Å². The fraction of sp³-hybridized carbons (Fsp3) is 0.909. The summed E-state index contributed by atoms with van der Waals surface area (Å²) in [7, 11) is 0. The van der Waals surface area contributed by atoms with Crippen LogP contribution in [0.3, 0.4) is 0 Å². The Hall–Kier alpha value is -0.0400. The fourth-order valence-electron chi connectivity index (χ4n) is 1.23. The maximum absolute atomic E-state index is 5.25. The molecule has 0 aromatic carbocycles. The average molecular weight is 171 g/mol. The van der Waals surface area contributed by atoms with Crippen LogP contribution in [-0.2, 0) is 4.74 Å². The highest BCUT2D eigenvalue weighted by atomic mass is 16.5. The molecule has 0 saturated heterocycles. The van der Waals surface area contributed by atoms with Crippen LogP contribution in [0.15, 0.2) is 0 Å². The smallest absolute Gasteiger partial charge is 0.0465 e. The van der Waals surface area contributed by atoms with E-state index < -0.39 is 0 Å². The van der Waals surface area contributed by atoms with Crippen LogP contribution in [-0.4, -0.2) is 13.2 Å². The summed E-state index contributed by atoms with van der Waals surface area (Å²) >= 11 is 0. The molecule has 0 bridgehead atoms. The van der Waals surface area contributed by atoms with Gasteiger partial charge in [0.1, 0.15) is 0 Å². The summed E-state index contributed by atoms with van der Waals surface area (Å²) in [5.74, 6) is 0. The predicted octanol–water partition coefficient (Wildman–Crippen LogP) is 3.59. The van der Waals surface area contributed by atoms with Gasteiger partial charge in [0, 0.05) is 13.2 Å². The highest BCUT2D eigenvalue weighted by Gasteiger charge is 1.89. The molecule has 73 valence electrons. The highest BCUT2D eigenvalue weighted by molar-refractivity contribution is 4.46. The molecule has 0 saturated carbocycles. The molecule has 0 fully saturated rings. The SMILES string of the molecule is [CH2]CCCCCCCCOCC. The number of unbranched alkanes of at least 4 members (excludes halogenated alkanes) is 6. The lowest BCUT2D eigenvalue weighted by Crippen LogP contribution is -1.92. The molecule has 0 aliphatic carbocycles. The molecule has 0 N–H and O–H groups in total. The molecule has 0 amide bonds. The van der Waals surface area contributed by atoms with Gasteiger partial charge in [0.25, 0.3) is 0 Å². The summed E-state index contributed by atoms with van der Waals surface area (Å²) in [6.45, 7) is 7.69. The standard InChI is InChI=1S/C11H23O/c1-3-5-6-7-8-9-10-11-12-4-2/h1,3-11H2,2H3. The molecule has 0 aromatic heterocycles. The van der Waals surface area contributed by atoms with Crippen molar-refractivity contribution in [1.29, 1.82) is 0 Å². The Labute approximate surface area is 77.5 Å². The Morgan fingerprint density at radius 1 is 0.917 bits per heavy atom. The third kappa shape index (κ3) is 9.96. The largest absolute Gasteiger partial charge is 0.382 e. The summed E-state index contributed by atoms with van der Waals surface area (Å²) in [4.78, 5) is 0. The van der Waals surface area contributed by atoms with Gasteiger partial charge in [-0.1, -0.05) is 45.4 Å². The van der Waals surface area contributed by atoms with E-state index in [0.717, 1.165) is 19.6 Å². The van der Waals surface area contributed by atoms with E-state index >= 15 is 0 Å². The molecule has 0 aromatic rings. The zero-order chi connectivity index (χ0) is 9.07. The minimum absolute atomic E-state index is 0.863. The van der Waals surface area contributed by atoms with Crippen LogP contribution in [0.25, 0.3) is 0 Å². The van der Waals surface area contributed by atoms with Crippen molar-refractivity contribution in [2.75, 3.05) is 13.2 Å². The first-order valence-corrected chi connectivity index (χ1v) is 5.28. The molecule has 0 unspecified atom stereocenters. The molecule has 1 radical (unpaired) electrons. The number of rotatable bonds is 9. The topological polar surface area (TPSA) is 9.23 Å². The first-order valence-electron chi connectivity index (χ1n) is 5.28. The molecule has 1 nitrogen and oxygen atoms in total. The Kier molecular flexibility index (Phi) is 10.9. The van der Waals surface area contributed by atoms with E-state index in [1.165, 1.54) is 38.5 Å². The monoisotopic (exact) mass is 171 g/mol. The van der Waals surface area contributed by atoms with Crippen molar-refractivity contribution < 1.29 is 4.74 Å². The number of hydrogen-bond acceptors (Lipinski definition) is 1. The van der Waals surface area contributed by atoms with Crippen LogP contribution in [0.5, 0.6) is 0 Å².